The number of nitrogens with zero attached hydrogens (tertiary/aromatic N) is 1. The van der Waals surface area contributed by atoms with E-state index >= 15 is 0 Å². The molecule has 0 saturated carbocycles. The molecule has 0 spiro atoms. The molecule has 96 valence electrons. The Hall–Kier alpha value is -1.31. The maximum Gasteiger partial charge on any atom is 0.262 e. The average Bonchev–Trinajstić information content (AvgIpc) is 2.93. The monoisotopic (exact) mass is 262 g/mol. The normalized spacial score (nSPS) is 15.8. The summed E-state index contributed by atoms with van der Waals surface area (Å²) >= 11 is 1.45. The van der Waals surface area contributed by atoms with Crippen molar-refractivity contribution in [2.45, 2.75) is 19.3 Å². The second kappa shape index (κ2) is 7.20. The van der Waals surface area contributed by atoms with Crippen LogP contribution in [0.4, 0.5) is 0 Å². The van der Waals surface area contributed by atoms with E-state index in [2.05, 4.69) is 22.1 Å². The van der Waals surface area contributed by atoms with Crippen LogP contribution in [0.3, 0.4) is 0 Å². The van der Waals surface area contributed by atoms with Crippen molar-refractivity contribution < 1.29 is 4.79 Å². The van der Waals surface area contributed by atoms with Crippen LogP contribution in [0.15, 0.2) is 17.5 Å². The van der Waals surface area contributed by atoms with Gasteiger partial charge in [0.05, 0.1) is 18.0 Å². The number of hydrogen-bond donors (Lipinski definition) is 1. The van der Waals surface area contributed by atoms with E-state index in [0.717, 1.165) is 24.5 Å². The van der Waals surface area contributed by atoms with Crippen molar-refractivity contribution in [3.05, 3.63) is 22.4 Å². The maximum atomic E-state index is 11.6. The summed E-state index contributed by atoms with van der Waals surface area (Å²) in [5.41, 5.74) is 0. The molecule has 3 nitrogen and oxygen atoms in total. The molecule has 0 atom stereocenters. The summed E-state index contributed by atoms with van der Waals surface area (Å²) in [6.07, 6.45) is 3.92. The molecular weight excluding hydrogens is 244 g/mol. The molecule has 1 amide bonds. The topological polar surface area (TPSA) is 32.3 Å². The van der Waals surface area contributed by atoms with Gasteiger partial charge in [0.25, 0.3) is 5.91 Å². The molecule has 2 heterocycles. The highest BCUT2D eigenvalue weighted by molar-refractivity contribution is 7.12. The summed E-state index contributed by atoms with van der Waals surface area (Å²) in [6, 6.07) is 3.70. The predicted molar refractivity (Wildman–Crippen MR) is 74.7 cm³/mol. The minimum Gasteiger partial charge on any atom is -0.340 e. The van der Waals surface area contributed by atoms with Crippen LogP contribution in [0.5, 0.6) is 0 Å². The van der Waals surface area contributed by atoms with Crippen LogP contribution in [0.1, 0.15) is 28.9 Å². The van der Waals surface area contributed by atoms with Gasteiger partial charge in [-0.25, -0.2) is 0 Å². The van der Waals surface area contributed by atoms with Crippen molar-refractivity contribution in [2.75, 3.05) is 26.2 Å². The summed E-state index contributed by atoms with van der Waals surface area (Å²) in [6.45, 7) is 3.59. The van der Waals surface area contributed by atoms with Crippen molar-refractivity contribution in [2.24, 2.45) is 0 Å². The number of rotatable bonds is 3. The van der Waals surface area contributed by atoms with Crippen molar-refractivity contribution in [1.29, 1.82) is 0 Å². The molecule has 1 aliphatic heterocycles. The van der Waals surface area contributed by atoms with Crippen LogP contribution in [0.2, 0.25) is 0 Å². The Balaban J connectivity index is 1.64. The quantitative estimate of drug-likeness (QED) is 0.845. The second-order valence-electron chi connectivity index (χ2n) is 4.35. The van der Waals surface area contributed by atoms with Crippen LogP contribution in [-0.4, -0.2) is 37.0 Å². The zero-order valence-corrected chi connectivity index (χ0v) is 11.3. The van der Waals surface area contributed by atoms with E-state index in [-0.39, 0.29) is 5.91 Å². The number of hydrogen-bond acceptors (Lipinski definition) is 3. The molecule has 1 aromatic rings. The van der Waals surface area contributed by atoms with Crippen molar-refractivity contribution >= 4 is 17.2 Å². The SMILES string of the molecule is O=C(NCC#CCN1CCCCC1)c1cccs1. The van der Waals surface area contributed by atoms with E-state index in [1.165, 1.54) is 30.6 Å². The van der Waals surface area contributed by atoms with Gasteiger partial charge in [-0.1, -0.05) is 24.3 Å². The Kier molecular flexibility index (Phi) is 5.25. The van der Waals surface area contributed by atoms with Gasteiger partial charge in [-0.05, 0) is 37.4 Å². The lowest BCUT2D eigenvalue weighted by Gasteiger charge is -2.23. The van der Waals surface area contributed by atoms with E-state index in [4.69, 9.17) is 0 Å². The summed E-state index contributed by atoms with van der Waals surface area (Å²) in [4.78, 5) is 14.7. The zero-order chi connectivity index (χ0) is 12.6. The lowest BCUT2D eigenvalue weighted by atomic mass is 10.1. The van der Waals surface area contributed by atoms with Gasteiger partial charge in [-0.2, -0.15) is 0 Å². The zero-order valence-electron chi connectivity index (χ0n) is 10.4. The average molecular weight is 262 g/mol. The van der Waals surface area contributed by atoms with Crippen molar-refractivity contribution in [1.82, 2.24) is 10.2 Å². The van der Waals surface area contributed by atoms with Crippen molar-refractivity contribution in [3.8, 4) is 11.8 Å². The van der Waals surface area contributed by atoms with Crippen LogP contribution < -0.4 is 5.32 Å². The summed E-state index contributed by atoms with van der Waals surface area (Å²) in [7, 11) is 0. The molecule has 18 heavy (non-hydrogen) atoms. The van der Waals surface area contributed by atoms with Gasteiger partial charge in [0.2, 0.25) is 0 Å². The fourth-order valence-electron chi connectivity index (χ4n) is 1.97. The van der Waals surface area contributed by atoms with Gasteiger partial charge in [0.15, 0.2) is 0 Å². The minimum absolute atomic E-state index is 0.0303. The van der Waals surface area contributed by atoms with Crippen LogP contribution in [0, 0.1) is 11.8 Å². The molecule has 1 aliphatic rings. The van der Waals surface area contributed by atoms with Gasteiger partial charge in [0, 0.05) is 0 Å². The molecule has 1 N–H and O–H groups in total. The van der Waals surface area contributed by atoms with E-state index < -0.39 is 0 Å². The molecule has 0 unspecified atom stereocenters. The van der Waals surface area contributed by atoms with Gasteiger partial charge in [-0.15, -0.1) is 11.3 Å². The third-order valence-corrected chi connectivity index (χ3v) is 3.83. The smallest absolute Gasteiger partial charge is 0.262 e. The molecule has 2 rings (SSSR count). The Bertz CT molecular complexity index is 424. The fourth-order valence-corrected chi connectivity index (χ4v) is 2.61. The molecule has 0 radical (unpaired) electrons. The summed E-state index contributed by atoms with van der Waals surface area (Å²) in [5, 5.41) is 4.70. The highest BCUT2D eigenvalue weighted by atomic mass is 32.1. The largest absolute Gasteiger partial charge is 0.340 e. The van der Waals surface area contributed by atoms with Gasteiger partial charge in [0.1, 0.15) is 0 Å². The van der Waals surface area contributed by atoms with Crippen LogP contribution in [0.25, 0.3) is 0 Å². The summed E-state index contributed by atoms with van der Waals surface area (Å²) in [5.74, 6) is 6.10. The molecule has 1 fully saturated rings. The van der Waals surface area contributed by atoms with Gasteiger partial charge < -0.3 is 5.32 Å². The van der Waals surface area contributed by atoms with E-state index in [1.807, 2.05) is 17.5 Å². The molecule has 0 aliphatic carbocycles. The number of nitrogens with one attached hydrogen (secondary N) is 1. The molecule has 1 saturated heterocycles. The fraction of sp³-hybridized carbons (Fsp3) is 0.500. The molecule has 4 heteroatoms. The van der Waals surface area contributed by atoms with Gasteiger partial charge in [-0.3, -0.25) is 9.69 Å². The lowest BCUT2D eigenvalue weighted by molar-refractivity contribution is 0.0962. The Morgan fingerprint density at radius 1 is 1.33 bits per heavy atom. The number of piperidine rings is 1. The van der Waals surface area contributed by atoms with Crippen LogP contribution in [-0.2, 0) is 0 Å². The number of amides is 1. The minimum atomic E-state index is -0.0303. The van der Waals surface area contributed by atoms with Gasteiger partial charge >= 0.3 is 0 Å². The third kappa shape index (κ3) is 4.17. The second-order valence-corrected chi connectivity index (χ2v) is 5.30. The predicted octanol–water partition coefficient (Wildman–Crippen LogP) is 1.97. The van der Waals surface area contributed by atoms with E-state index in [9.17, 15) is 4.79 Å². The third-order valence-electron chi connectivity index (χ3n) is 2.96. The number of carbonyl (C=O) groups is 1. The number of thiophene rings is 1. The molecule has 1 aromatic heterocycles. The Morgan fingerprint density at radius 3 is 2.89 bits per heavy atom. The maximum absolute atomic E-state index is 11.6. The first-order valence-electron chi connectivity index (χ1n) is 6.36. The first-order valence-corrected chi connectivity index (χ1v) is 7.24. The number of carbonyl (C=O) groups excluding carboxylic acids is 1. The van der Waals surface area contributed by atoms with E-state index in [0.29, 0.717) is 6.54 Å². The Morgan fingerprint density at radius 2 is 2.17 bits per heavy atom. The Labute approximate surface area is 112 Å². The molecule has 0 bridgehead atoms. The van der Waals surface area contributed by atoms with Crippen LogP contribution >= 0.6 is 11.3 Å². The standard InChI is InChI=1S/C14H18N2OS/c17-14(13-7-6-12-18-13)15-8-2-5-11-16-9-3-1-4-10-16/h6-7,12H,1,3-4,8-11H2,(H,15,17). The van der Waals surface area contributed by atoms with Crippen molar-refractivity contribution in [3.63, 3.8) is 0 Å². The molecular formula is C14H18N2OS. The van der Waals surface area contributed by atoms with E-state index in [1.54, 1.807) is 0 Å². The lowest BCUT2D eigenvalue weighted by Crippen LogP contribution is -2.30. The number of likely N-dealkylation sites (tertiary alicyclic amines) is 1. The highest BCUT2D eigenvalue weighted by Gasteiger charge is 2.07. The highest BCUT2D eigenvalue weighted by Crippen LogP contribution is 2.07. The summed E-state index contributed by atoms with van der Waals surface area (Å²) < 4.78 is 0. The first kappa shape index (κ1) is 13.1. The molecule has 0 aromatic carbocycles. The first-order chi connectivity index (χ1) is 8.86.